The largest absolute Gasteiger partial charge is 0.394 e. The maximum absolute atomic E-state index is 13.2. The van der Waals surface area contributed by atoms with Gasteiger partial charge in [0.15, 0.2) is 6.29 Å². The highest BCUT2D eigenvalue weighted by Gasteiger charge is 2.44. The van der Waals surface area contributed by atoms with Crippen molar-refractivity contribution in [3.63, 3.8) is 0 Å². The van der Waals surface area contributed by atoms with Crippen LogP contribution in [-0.4, -0.2) is 110 Å². The second-order valence-electron chi connectivity index (χ2n) is 21.1. The van der Waals surface area contributed by atoms with Gasteiger partial charge in [-0.15, -0.1) is 0 Å². The molecule has 9 unspecified atom stereocenters. The Morgan fingerprint density at radius 1 is 0.486 bits per heavy atom. The Morgan fingerprint density at radius 3 is 1.35 bits per heavy atom. The van der Waals surface area contributed by atoms with E-state index in [1.165, 1.54) is 167 Å². The number of amides is 1. The molecule has 0 aromatic heterocycles. The van der Waals surface area contributed by atoms with Crippen molar-refractivity contribution in [1.82, 2.24) is 5.32 Å². The van der Waals surface area contributed by atoms with Crippen molar-refractivity contribution in [3.8, 4) is 0 Å². The number of rotatable bonds is 51. The van der Waals surface area contributed by atoms with Crippen molar-refractivity contribution in [2.24, 2.45) is 0 Å². The van der Waals surface area contributed by atoms with E-state index in [1.54, 1.807) is 0 Å². The number of hydrogen-bond acceptors (Lipinski definition) is 10. The highest BCUT2D eigenvalue weighted by molar-refractivity contribution is 5.80. The number of nitrogens with one attached hydrogen (secondary N) is 1. The fourth-order valence-electron chi connectivity index (χ4n) is 9.45. The first-order valence-corrected chi connectivity index (χ1v) is 30.1. The fraction of sp³-hybridized carbons (Fsp3) is 0.852. The van der Waals surface area contributed by atoms with E-state index in [4.69, 9.17) is 9.47 Å². The Bertz CT molecular complexity index is 1310. The summed E-state index contributed by atoms with van der Waals surface area (Å²) in [6.45, 7) is 3.43. The molecule has 0 radical (unpaired) electrons. The Morgan fingerprint density at radius 2 is 0.875 bits per heavy atom. The van der Waals surface area contributed by atoms with Crippen LogP contribution in [0.2, 0.25) is 0 Å². The first-order chi connectivity index (χ1) is 35.2. The lowest BCUT2D eigenvalue weighted by Gasteiger charge is -2.40. The van der Waals surface area contributed by atoms with Crippen LogP contribution in [0.4, 0.5) is 0 Å². The highest BCUT2D eigenvalue weighted by Crippen LogP contribution is 2.23. The number of aliphatic hydroxyl groups excluding tert-OH is 7. The average Bonchev–Trinajstić information content (AvgIpc) is 3.38. The third kappa shape index (κ3) is 37.7. The number of unbranched alkanes of at least 4 members (excludes halogenated alkanes) is 32. The second-order valence-corrected chi connectivity index (χ2v) is 21.1. The van der Waals surface area contributed by atoms with Gasteiger partial charge in [-0.1, -0.05) is 236 Å². The summed E-state index contributed by atoms with van der Waals surface area (Å²) in [5.74, 6) is -0.714. The first-order valence-electron chi connectivity index (χ1n) is 30.1. The molecular weight excluding hydrogens is 907 g/mol. The van der Waals surface area contributed by atoms with Crippen LogP contribution in [-0.2, 0) is 14.3 Å². The predicted molar refractivity (Wildman–Crippen MR) is 298 cm³/mol. The number of hydrogen-bond donors (Lipinski definition) is 8. The van der Waals surface area contributed by atoms with Gasteiger partial charge in [-0.05, 0) is 77.0 Å². The van der Waals surface area contributed by atoms with E-state index in [1.807, 2.05) is 0 Å². The number of ether oxygens (including phenoxy) is 2. The molecule has 1 aliphatic heterocycles. The molecule has 0 saturated carbocycles. The smallest absolute Gasteiger partial charge is 0.249 e. The lowest BCUT2D eigenvalue weighted by molar-refractivity contribution is -0.303. The quantitative estimate of drug-likeness (QED) is 0.0165. The van der Waals surface area contributed by atoms with Gasteiger partial charge in [0.2, 0.25) is 5.91 Å². The molecule has 0 aliphatic carbocycles. The summed E-state index contributed by atoms with van der Waals surface area (Å²) in [6.07, 6.45) is 51.7. The molecule has 1 heterocycles. The molecule has 1 saturated heterocycles. The Hall–Kier alpha value is -1.93. The van der Waals surface area contributed by atoms with Crippen molar-refractivity contribution in [2.45, 2.75) is 319 Å². The summed E-state index contributed by atoms with van der Waals surface area (Å²) in [7, 11) is 0. The monoisotopic (exact) mass is 1020 g/mol. The molecule has 0 aromatic carbocycles. The van der Waals surface area contributed by atoms with Gasteiger partial charge in [0.25, 0.3) is 0 Å². The summed E-state index contributed by atoms with van der Waals surface area (Å²) < 4.78 is 11.1. The molecule has 1 rings (SSSR count). The summed E-state index contributed by atoms with van der Waals surface area (Å²) in [4.78, 5) is 13.2. The van der Waals surface area contributed by atoms with Crippen LogP contribution in [0.1, 0.15) is 264 Å². The minimum absolute atomic E-state index is 0.244. The molecule has 0 aromatic rings. The second kappa shape index (κ2) is 49.9. The van der Waals surface area contributed by atoms with Gasteiger partial charge in [0, 0.05) is 0 Å². The SMILES string of the molecule is CCCCC/C=C\C=C/CCCCCCCCCCCC(O)C(=O)NC(COC1OC(CO)C(O)C(O)C1O)C(O)C(O)CCC/C=C/CC/C=C/CCCCCCCCCCCCCCCCCCCC. The van der Waals surface area contributed by atoms with Gasteiger partial charge in [-0.25, -0.2) is 0 Å². The standard InChI is InChI=1S/C61H113NO10/c1-3-5-7-9-11-13-15-17-19-21-23-24-25-26-27-28-29-30-31-33-34-36-38-40-42-44-46-48-53(64)56(66)52(51-71-61-59(69)58(68)57(67)55(50-63)72-61)62-60(70)54(65)49-47-45-43-41-39-37-35-32-22-20-18-16-14-12-10-8-6-4-2/h12,14,16,18,33-34,40,42,52-59,61,63-69H,3-11,13,15,17,19-32,35-39,41,43-51H2,1-2H3,(H,62,70)/b14-12-,18-16-,34-33+,42-40+. The van der Waals surface area contributed by atoms with Crippen LogP contribution in [0.15, 0.2) is 48.6 Å². The maximum atomic E-state index is 13.2. The zero-order valence-corrected chi connectivity index (χ0v) is 46.2. The summed E-state index contributed by atoms with van der Waals surface area (Å²) >= 11 is 0. The van der Waals surface area contributed by atoms with E-state index in [9.17, 15) is 40.5 Å². The molecule has 11 heteroatoms. The summed E-state index contributed by atoms with van der Waals surface area (Å²) in [6, 6.07) is -1.20. The normalized spacial score (nSPS) is 20.4. The average molecular weight is 1020 g/mol. The lowest BCUT2D eigenvalue weighted by atomic mass is 9.98. The minimum Gasteiger partial charge on any atom is -0.394 e. The van der Waals surface area contributed by atoms with Crippen molar-refractivity contribution in [2.75, 3.05) is 13.2 Å². The van der Waals surface area contributed by atoms with E-state index in [-0.39, 0.29) is 12.8 Å². The zero-order chi connectivity index (χ0) is 52.5. The van der Waals surface area contributed by atoms with Gasteiger partial charge < -0.3 is 50.5 Å². The van der Waals surface area contributed by atoms with Gasteiger partial charge in [-0.3, -0.25) is 4.79 Å². The topological polar surface area (TPSA) is 189 Å². The van der Waals surface area contributed by atoms with Crippen molar-refractivity contribution in [3.05, 3.63) is 48.6 Å². The molecule has 0 bridgehead atoms. The van der Waals surface area contributed by atoms with Crippen molar-refractivity contribution >= 4 is 5.91 Å². The summed E-state index contributed by atoms with van der Waals surface area (Å²) in [5.41, 5.74) is 0. The molecule has 1 fully saturated rings. The summed E-state index contributed by atoms with van der Waals surface area (Å²) in [5, 5.41) is 76.1. The van der Waals surface area contributed by atoms with Crippen molar-refractivity contribution in [1.29, 1.82) is 0 Å². The number of carbonyl (C=O) groups is 1. The van der Waals surface area contributed by atoms with Gasteiger partial charge in [0.1, 0.15) is 36.6 Å². The van der Waals surface area contributed by atoms with E-state index >= 15 is 0 Å². The van der Waals surface area contributed by atoms with Gasteiger partial charge in [0.05, 0.1) is 25.4 Å². The Balaban J connectivity index is 2.32. The minimum atomic E-state index is -1.67. The van der Waals surface area contributed by atoms with Crippen molar-refractivity contribution < 1.29 is 50.0 Å². The number of allylic oxidation sites excluding steroid dienone is 8. The predicted octanol–water partition coefficient (Wildman–Crippen LogP) is 12.8. The van der Waals surface area contributed by atoms with Crippen LogP contribution < -0.4 is 5.32 Å². The van der Waals surface area contributed by atoms with Crippen LogP contribution in [0.5, 0.6) is 0 Å². The molecule has 8 N–H and O–H groups in total. The highest BCUT2D eigenvalue weighted by atomic mass is 16.7. The van der Waals surface area contributed by atoms with Crippen LogP contribution in [0.25, 0.3) is 0 Å². The van der Waals surface area contributed by atoms with Crippen LogP contribution in [0, 0.1) is 0 Å². The van der Waals surface area contributed by atoms with E-state index in [0.29, 0.717) is 19.3 Å². The lowest BCUT2D eigenvalue weighted by Crippen LogP contribution is -2.60. The number of aliphatic hydroxyl groups is 7. The molecule has 1 aliphatic rings. The molecule has 72 heavy (non-hydrogen) atoms. The van der Waals surface area contributed by atoms with Gasteiger partial charge in [-0.2, -0.15) is 0 Å². The Labute approximate surface area is 440 Å². The molecular formula is C61H113NO10. The number of carbonyl (C=O) groups excluding carboxylic acids is 1. The van der Waals surface area contributed by atoms with E-state index < -0.39 is 74.2 Å². The first kappa shape index (κ1) is 68.1. The third-order valence-corrected chi connectivity index (χ3v) is 14.4. The molecule has 1 amide bonds. The van der Waals surface area contributed by atoms with Crippen LogP contribution in [0.3, 0.4) is 0 Å². The molecule has 11 nitrogen and oxygen atoms in total. The molecule has 0 spiro atoms. The third-order valence-electron chi connectivity index (χ3n) is 14.4. The maximum Gasteiger partial charge on any atom is 0.249 e. The Kier molecular flexibility index (Phi) is 47.2. The molecule has 9 atom stereocenters. The van der Waals surface area contributed by atoms with E-state index in [2.05, 4.69) is 67.8 Å². The molecule has 422 valence electrons. The van der Waals surface area contributed by atoms with Crippen LogP contribution >= 0.6 is 0 Å². The zero-order valence-electron chi connectivity index (χ0n) is 46.2. The van der Waals surface area contributed by atoms with E-state index in [0.717, 1.165) is 51.4 Å². The fourth-order valence-corrected chi connectivity index (χ4v) is 9.45. The van der Waals surface area contributed by atoms with Gasteiger partial charge >= 0.3 is 0 Å².